The fourth-order valence-corrected chi connectivity index (χ4v) is 13.3. The lowest BCUT2D eigenvalue weighted by Crippen LogP contribution is -2.55. The molecule has 0 amide bonds. The van der Waals surface area contributed by atoms with Crippen LogP contribution in [0.4, 0.5) is 0 Å². The van der Waals surface area contributed by atoms with Crippen LogP contribution < -0.4 is 17.1 Å². The minimum absolute atomic E-state index is 0.170. The molecule has 15 heteroatoms. The molecule has 0 saturated heterocycles. The molecule has 0 unspecified atom stereocenters. The Kier molecular flexibility index (Phi) is 59.4. The lowest BCUT2D eigenvalue weighted by atomic mass is 10.0. The third-order valence-electron chi connectivity index (χ3n) is 16.2. The van der Waals surface area contributed by atoms with E-state index in [1.807, 2.05) is 0 Å². The quantitative estimate of drug-likeness (QED) is 0.0348. The van der Waals surface area contributed by atoms with Crippen molar-refractivity contribution in [2.45, 2.75) is 349 Å². The van der Waals surface area contributed by atoms with Gasteiger partial charge in [0.05, 0.1) is 36.9 Å². The molecule has 84 heavy (non-hydrogen) atoms. The number of ether oxygens (including phenoxy) is 3. The summed E-state index contributed by atoms with van der Waals surface area (Å²) >= 11 is 4.56. The molecule has 0 aliphatic carbocycles. The summed E-state index contributed by atoms with van der Waals surface area (Å²) in [4.78, 5) is 79.1. The number of hydrogen-bond acceptors (Lipinski definition) is 12. The first-order valence-electron chi connectivity index (χ1n) is 35.4. The summed E-state index contributed by atoms with van der Waals surface area (Å²) in [7, 11) is 0. The molecular weight excluding hydrogens is 1110 g/mol. The second-order valence-electron chi connectivity index (χ2n) is 24.0. The van der Waals surface area contributed by atoms with Crippen LogP contribution in [-0.4, -0.2) is 85.9 Å². The highest BCUT2D eigenvalue weighted by molar-refractivity contribution is 8.00. The van der Waals surface area contributed by atoms with Gasteiger partial charge in [-0.15, -0.1) is 0 Å². The molecule has 0 saturated carbocycles. The number of nitrogens with zero attached hydrogens (tertiary/aromatic N) is 3. The Morgan fingerprint density at radius 3 is 0.583 bits per heavy atom. The molecule has 0 fully saturated rings. The average Bonchev–Trinajstić information content (AvgIpc) is 2.67. The number of esters is 3. The summed E-state index contributed by atoms with van der Waals surface area (Å²) in [5, 5.41) is 0. The van der Waals surface area contributed by atoms with Crippen molar-refractivity contribution in [1.82, 2.24) is 13.7 Å². The number of carbonyl (C=O) groups excluding carboxylic acids is 3. The van der Waals surface area contributed by atoms with Gasteiger partial charge in [0.2, 0.25) is 0 Å². The van der Waals surface area contributed by atoms with E-state index in [0.29, 0.717) is 0 Å². The van der Waals surface area contributed by atoms with Gasteiger partial charge in [-0.2, -0.15) is 35.3 Å². The standard InChI is InChI=1S/C69H129N3O9S3/c1-4-7-10-13-16-19-22-25-28-31-34-37-40-43-46-49-58-82-61-64(73)79-55-52-70-67(76)71(53-56-80-65(74)62-83-59-50-47-44-41-38-35-32-29-26-23-20-17-14-11-8-5-2)69(78)72(68(70)77)54-57-81-66(75)63-84-60-51-48-45-42-39-36-33-30-27-24-21-18-15-12-9-6-3/h4-63H2,1-3H3. The van der Waals surface area contributed by atoms with E-state index >= 15 is 0 Å². The van der Waals surface area contributed by atoms with Gasteiger partial charge in [0, 0.05) is 0 Å². The van der Waals surface area contributed by atoms with Crippen molar-refractivity contribution in [3.8, 4) is 0 Å². The van der Waals surface area contributed by atoms with Gasteiger partial charge < -0.3 is 14.2 Å². The van der Waals surface area contributed by atoms with Crippen LogP contribution in [0, 0.1) is 0 Å². The summed E-state index contributed by atoms with van der Waals surface area (Å²) in [5.74, 6) is 1.78. The molecule has 0 aliphatic rings. The highest BCUT2D eigenvalue weighted by Crippen LogP contribution is 2.18. The van der Waals surface area contributed by atoms with Crippen LogP contribution >= 0.6 is 35.3 Å². The smallest absolute Gasteiger partial charge is 0.336 e. The molecule has 0 atom stereocenters. The van der Waals surface area contributed by atoms with Crippen molar-refractivity contribution in [3.63, 3.8) is 0 Å². The van der Waals surface area contributed by atoms with Crippen LogP contribution in [0.2, 0.25) is 0 Å². The molecule has 0 radical (unpaired) electrons. The molecule has 0 aliphatic heterocycles. The largest absolute Gasteiger partial charge is 0.463 e. The number of unbranched alkanes of at least 4 members (excludes halogenated alkanes) is 45. The Bertz CT molecular complexity index is 1610. The van der Waals surface area contributed by atoms with Gasteiger partial charge in [0.25, 0.3) is 0 Å². The summed E-state index contributed by atoms with van der Waals surface area (Å²) in [5.41, 5.74) is -2.65. The maximum atomic E-state index is 13.7. The zero-order valence-corrected chi connectivity index (χ0v) is 57.1. The average molecular weight is 1240 g/mol. The van der Waals surface area contributed by atoms with Crippen molar-refractivity contribution >= 4 is 53.2 Å². The fraction of sp³-hybridized carbons (Fsp3) is 0.913. The van der Waals surface area contributed by atoms with Crippen molar-refractivity contribution in [1.29, 1.82) is 0 Å². The molecule has 0 spiro atoms. The van der Waals surface area contributed by atoms with E-state index < -0.39 is 35.0 Å². The van der Waals surface area contributed by atoms with E-state index in [0.717, 1.165) is 69.5 Å². The molecular formula is C69H129N3O9S3. The van der Waals surface area contributed by atoms with Crippen LogP contribution in [-0.2, 0) is 48.2 Å². The van der Waals surface area contributed by atoms with Crippen molar-refractivity contribution in [2.24, 2.45) is 0 Å². The lowest BCUT2D eigenvalue weighted by Gasteiger charge is -2.14. The second kappa shape index (κ2) is 62.5. The van der Waals surface area contributed by atoms with E-state index in [2.05, 4.69) is 20.8 Å². The topological polar surface area (TPSA) is 145 Å². The van der Waals surface area contributed by atoms with Crippen molar-refractivity contribution < 1.29 is 28.6 Å². The Balaban J connectivity index is 2.51. The van der Waals surface area contributed by atoms with E-state index in [4.69, 9.17) is 14.2 Å². The van der Waals surface area contributed by atoms with E-state index in [1.165, 1.54) is 305 Å². The maximum absolute atomic E-state index is 13.7. The molecule has 0 aromatic carbocycles. The molecule has 492 valence electrons. The molecule has 1 rings (SSSR count). The van der Waals surface area contributed by atoms with Gasteiger partial charge in [-0.1, -0.05) is 310 Å². The zero-order valence-electron chi connectivity index (χ0n) is 54.7. The third kappa shape index (κ3) is 49.8. The maximum Gasteiger partial charge on any atom is 0.336 e. The third-order valence-corrected chi connectivity index (χ3v) is 19.3. The summed E-state index contributed by atoms with van der Waals surface area (Å²) in [6.07, 6.45) is 63.0. The highest BCUT2D eigenvalue weighted by Gasteiger charge is 2.18. The number of thioether (sulfide) groups is 3. The van der Waals surface area contributed by atoms with Gasteiger partial charge in [-0.05, 0) is 36.5 Å². The van der Waals surface area contributed by atoms with Crippen molar-refractivity contribution in [3.05, 3.63) is 31.5 Å². The second-order valence-corrected chi connectivity index (χ2v) is 27.3. The number of aromatic nitrogens is 3. The minimum Gasteiger partial charge on any atom is -0.463 e. The number of rotatable bonds is 66. The van der Waals surface area contributed by atoms with Gasteiger partial charge in [-0.3, -0.25) is 14.4 Å². The fourth-order valence-electron chi connectivity index (χ4n) is 10.9. The van der Waals surface area contributed by atoms with Gasteiger partial charge in [0.15, 0.2) is 0 Å². The first-order chi connectivity index (χ1) is 41.3. The minimum atomic E-state index is -0.883. The first kappa shape index (κ1) is 79.9. The highest BCUT2D eigenvalue weighted by atomic mass is 32.2. The Morgan fingerprint density at radius 1 is 0.262 bits per heavy atom. The summed E-state index contributed by atoms with van der Waals surface area (Å²) in [6.45, 7) is 5.31. The normalized spacial score (nSPS) is 11.5. The molecule has 12 nitrogen and oxygen atoms in total. The number of hydrogen-bond donors (Lipinski definition) is 0. The van der Waals surface area contributed by atoms with Crippen LogP contribution in [0.5, 0.6) is 0 Å². The Morgan fingerprint density at radius 2 is 0.417 bits per heavy atom. The van der Waals surface area contributed by atoms with Crippen LogP contribution in [0.15, 0.2) is 14.4 Å². The van der Waals surface area contributed by atoms with E-state index in [1.54, 1.807) is 0 Å². The van der Waals surface area contributed by atoms with E-state index in [9.17, 15) is 28.8 Å². The Hall–Kier alpha value is -2.13. The van der Waals surface area contributed by atoms with Crippen LogP contribution in [0.3, 0.4) is 0 Å². The van der Waals surface area contributed by atoms with Crippen LogP contribution in [0.25, 0.3) is 0 Å². The first-order valence-corrected chi connectivity index (χ1v) is 38.9. The van der Waals surface area contributed by atoms with Crippen molar-refractivity contribution in [2.75, 3.05) is 54.3 Å². The van der Waals surface area contributed by atoms with Gasteiger partial charge in [-0.25, -0.2) is 28.1 Å². The predicted molar refractivity (Wildman–Crippen MR) is 363 cm³/mol. The van der Waals surface area contributed by atoms with E-state index in [-0.39, 0.29) is 56.7 Å². The Labute approximate surface area is 526 Å². The SMILES string of the molecule is CCCCCCCCCCCCCCCCCCSCC(=O)OCCn1c(=O)n(CCOC(=O)CSCCCCCCCCCCCCCCCCCC)c(=O)n(CCOC(=O)CSCCCCCCCCCCCCCCCCCC)c1=O. The zero-order chi connectivity index (χ0) is 60.9. The molecule has 0 N–H and O–H groups in total. The summed E-state index contributed by atoms with van der Waals surface area (Å²) < 4.78 is 18.9. The number of carbonyl (C=O) groups is 3. The predicted octanol–water partition coefficient (Wildman–Crippen LogP) is 18.8. The molecule has 0 bridgehead atoms. The molecule has 1 aromatic heterocycles. The van der Waals surface area contributed by atoms with Crippen LogP contribution in [0.1, 0.15) is 329 Å². The molecule has 1 heterocycles. The summed E-state index contributed by atoms with van der Waals surface area (Å²) in [6, 6.07) is 0. The monoisotopic (exact) mass is 1240 g/mol. The molecule has 1 aromatic rings. The van der Waals surface area contributed by atoms with Gasteiger partial charge in [0.1, 0.15) is 19.8 Å². The van der Waals surface area contributed by atoms with Gasteiger partial charge >= 0.3 is 35.0 Å². The lowest BCUT2D eigenvalue weighted by molar-refractivity contribution is -0.141.